The van der Waals surface area contributed by atoms with Crippen molar-refractivity contribution in [2.24, 2.45) is 0 Å². The van der Waals surface area contributed by atoms with Crippen LogP contribution in [0.2, 0.25) is 25.1 Å². The summed E-state index contributed by atoms with van der Waals surface area (Å²) in [4.78, 5) is 12.2. The van der Waals surface area contributed by atoms with Crippen molar-refractivity contribution in [3.63, 3.8) is 0 Å². The molecule has 1 aromatic heterocycles. The number of rotatable bonds is 5. The molecule has 0 aliphatic carbocycles. The third-order valence-electron chi connectivity index (χ3n) is 3.45. The van der Waals surface area contributed by atoms with E-state index < -0.39 is 0 Å². The number of amides is 1. The first-order valence-corrected chi connectivity index (χ1v) is 10.4. The maximum atomic E-state index is 12.2. The summed E-state index contributed by atoms with van der Waals surface area (Å²) in [5.74, 6) is 6.03. The average molecular weight is 498 g/mol. The Hall–Kier alpha value is -1.35. The number of carbonyl (C=O) groups is 1. The maximum absolute atomic E-state index is 12.2. The molecule has 3 aromatic rings. The first-order chi connectivity index (χ1) is 13.3. The van der Waals surface area contributed by atoms with E-state index in [1.807, 2.05) is 0 Å². The van der Waals surface area contributed by atoms with Gasteiger partial charge in [-0.25, -0.2) is 4.68 Å². The predicted octanol–water partition coefficient (Wildman–Crippen LogP) is 5.66. The van der Waals surface area contributed by atoms with Crippen LogP contribution in [0, 0.1) is 0 Å². The first-order valence-electron chi connectivity index (χ1n) is 7.49. The molecular weight excluding hydrogens is 488 g/mol. The second-order valence-corrected chi connectivity index (χ2v) is 8.39. The fourth-order valence-corrected chi connectivity index (χ4v) is 3.79. The van der Waals surface area contributed by atoms with Gasteiger partial charge in [-0.05, 0) is 30.3 Å². The molecule has 3 rings (SSSR count). The van der Waals surface area contributed by atoms with Crippen molar-refractivity contribution in [2.75, 3.05) is 16.9 Å². The van der Waals surface area contributed by atoms with E-state index in [-0.39, 0.29) is 21.7 Å². The number of anilines is 1. The number of hydrogen-bond acceptors (Lipinski definition) is 5. The number of benzene rings is 2. The fraction of sp³-hybridized carbons (Fsp3) is 0.0625. The SMILES string of the molecule is Nn1c(SCC(=O)Nc2cc(Cl)c(Cl)cc2Cl)nnc1-c1cc(Cl)ccc1Cl. The van der Waals surface area contributed by atoms with Gasteiger partial charge in [-0.2, -0.15) is 0 Å². The minimum atomic E-state index is -0.337. The molecule has 146 valence electrons. The van der Waals surface area contributed by atoms with Crippen molar-refractivity contribution in [1.29, 1.82) is 0 Å². The smallest absolute Gasteiger partial charge is 0.234 e. The normalized spacial score (nSPS) is 10.9. The van der Waals surface area contributed by atoms with E-state index in [1.165, 1.54) is 16.8 Å². The van der Waals surface area contributed by atoms with E-state index in [9.17, 15) is 4.79 Å². The van der Waals surface area contributed by atoms with Gasteiger partial charge in [0.1, 0.15) is 0 Å². The monoisotopic (exact) mass is 495 g/mol. The molecule has 0 fully saturated rings. The molecular formula is C16H10Cl5N5OS. The summed E-state index contributed by atoms with van der Waals surface area (Å²) in [6.45, 7) is 0. The fourth-order valence-electron chi connectivity index (χ4n) is 2.16. The van der Waals surface area contributed by atoms with E-state index in [0.717, 1.165) is 11.8 Å². The number of carbonyl (C=O) groups excluding carboxylic acids is 1. The Bertz CT molecular complexity index is 1060. The van der Waals surface area contributed by atoms with Gasteiger partial charge in [-0.1, -0.05) is 69.8 Å². The van der Waals surface area contributed by atoms with Crippen LogP contribution >= 0.6 is 69.8 Å². The molecule has 12 heteroatoms. The molecule has 0 aliphatic heterocycles. The Morgan fingerprint density at radius 1 is 1.00 bits per heavy atom. The highest BCUT2D eigenvalue weighted by Crippen LogP contribution is 2.33. The number of halogens is 5. The number of nitrogens with two attached hydrogens (primary N) is 1. The van der Waals surface area contributed by atoms with Crippen molar-refractivity contribution >= 4 is 81.4 Å². The van der Waals surface area contributed by atoms with Crippen LogP contribution in [0.5, 0.6) is 0 Å². The summed E-state index contributed by atoms with van der Waals surface area (Å²) in [5, 5.41) is 12.7. The van der Waals surface area contributed by atoms with Crippen LogP contribution in [0.1, 0.15) is 0 Å². The lowest BCUT2D eigenvalue weighted by Crippen LogP contribution is -2.16. The summed E-state index contributed by atoms with van der Waals surface area (Å²) in [5.41, 5.74) is 0.880. The Kier molecular flexibility index (Phi) is 6.85. The lowest BCUT2D eigenvalue weighted by Gasteiger charge is -2.09. The van der Waals surface area contributed by atoms with Crippen molar-refractivity contribution in [1.82, 2.24) is 14.9 Å². The third-order valence-corrected chi connectivity index (χ3v) is 5.99. The van der Waals surface area contributed by atoms with Gasteiger partial charge in [0.2, 0.25) is 11.1 Å². The van der Waals surface area contributed by atoms with Crippen LogP contribution in [0.4, 0.5) is 5.69 Å². The number of hydrogen-bond donors (Lipinski definition) is 2. The van der Waals surface area contributed by atoms with E-state index in [2.05, 4.69) is 15.5 Å². The van der Waals surface area contributed by atoms with Crippen LogP contribution in [0.25, 0.3) is 11.4 Å². The van der Waals surface area contributed by atoms with Gasteiger partial charge < -0.3 is 11.2 Å². The molecule has 0 spiro atoms. The Balaban J connectivity index is 1.70. The highest BCUT2D eigenvalue weighted by Gasteiger charge is 2.17. The van der Waals surface area contributed by atoms with Gasteiger partial charge in [0.25, 0.3) is 0 Å². The average Bonchev–Trinajstić information content (AvgIpc) is 3.00. The molecule has 28 heavy (non-hydrogen) atoms. The minimum absolute atomic E-state index is 0.00911. The zero-order valence-electron chi connectivity index (χ0n) is 13.7. The summed E-state index contributed by atoms with van der Waals surface area (Å²) >= 11 is 31.1. The molecule has 0 saturated carbocycles. The predicted molar refractivity (Wildman–Crippen MR) is 116 cm³/mol. The highest BCUT2D eigenvalue weighted by atomic mass is 35.5. The molecule has 0 bridgehead atoms. The number of nitrogens with one attached hydrogen (secondary N) is 1. The number of nitrogen functional groups attached to an aromatic ring is 1. The Morgan fingerprint density at radius 3 is 2.46 bits per heavy atom. The van der Waals surface area contributed by atoms with E-state index in [4.69, 9.17) is 63.8 Å². The quantitative estimate of drug-likeness (QED) is 0.270. The summed E-state index contributed by atoms with van der Waals surface area (Å²) in [6.07, 6.45) is 0. The summed E-state index contributed by atoms with van der Waals surface area (Å²) in [7, 11) is 0. The molecule has 1 amide bonds. The molecule has 0 atom stereocenters. The van der Waals surface area contributed by atoms with Gasteiger partial charge in [0.15, 0.2) is 5.82 Å². The number of aromatic nitrogens is 3. The topological polar surface area (TPSA) is 85.8 Å². The number of thioether (sulfide) groups is 1. The van der Waals surface area contributed by atoms with Crippen molar-refractivity contribution in [3.05, 3.63) is 55.4 Å². The van der Waals surface area contributed by atoms with Gasteiger partial charge >= 0.3 is 0 Å². The van der Waals surface area contributed by atoms with Gasteiger partial charge in [0, 0.05) is 10.6 Å². The van der Waals surface area contributed by atoms with Crippen molar-refractivity contribution in [2.45, 2.75) is 5.16 Å². The standard InChI is InChI=1S/C16H10Cl5N5OS/c17-7-1-2-9(18)8(3-7)15-24-25-16(26(15)22)28-6-14(27)23-13-5-11(20)10(19)4-12(13)21/h1-5H,6,22H2,(H,23,27). The Morgan fingerprint density at radius 2 is 1.71 bits per heavy atom. The largest absolute Gasteiger partial charge is 0.335 e. The lowest BCUT2D eigenvalue weighted by atomic mass is 10.2. The molecule has 2 aromatic carbocycles. The molecule has 1 heterocycles. The summed E-state index contributed by atoms with van der Waals surface area (Å²) in [6, 6.07) is 7.84. The molecule has 6 nitrogen and oxygen atoms in total. The maximum Gasteiger partial charge on any atom is 0.234 e. The molecule has 0 saturated heterocycles. The van der Waals surface area contributed by atoms with Crippen molar-refractivity contribution < 1.29 is 4.79 Å². The van der Waals surface area contributed by atoms with Crippen LogP contribution in [-0.2, 0) is 4.79 Å². The van der Waals surface area contributed by atoms with E-state index >= 15 is 0 Å². The Labute approximate surface area is 189 Å². The second-order valence-electron chi connectivity index (χ2n) is 5.38. The molecule has 3 N–H and O–H groups in total. The van der Waals surface area contributed by atoms with Gasteiger partial charge in [-0.3, -0.25) is 4.79 Å². The lowest BCUT2D eigenvalue weighted by molar-refractivity contribution is -0.113. The third kappa shape index (κ3) is 4.79. The minimum Gasteiger partial charge on any atom is -0.335 e. The van der Waals surface area contributed by atoms with Crippen molar-refractivity contribution in [3.8, 4) is 11.4 Å². The van der Waals surface area contributed by atoms with Crippen LogP contribution in [0.3, 0.4) is 0 Å². The highest BCUT2D eigenvalue weighted by molar-refractivity contribution is 7.99. The van der Waals surface area contributed by atoms with E-state index in [0.29, 0.717) is 37.3 Å². The zero-order valence-corrected chi connectivity index (χ0v) is 18.3. The zero-order chi connectivity index (χ0) is 20.4. The van der Waals surface area contributed by atoms with Gasteiger partial charge in [0.05, 0.1) is 31.5 Å². The summed E-state index contributed by atoms with van der Waals surface area (Å²) < 4.78 is 1.24. The van der Waals surface area contributed by atoms with E-state index in [1.54, 1.807) is 18.2 Å². The molecule has 0 aliphatic rings. The van der Waals surface area contributed by atoms with Crippen LogP contribution in [-0.4, -0.2) is 26.5 Å². The van der Waals surface area contributed by atoms with Crippen LogP contribution in [0.15, 0.2) is 35.5 Å². The molecule has 0 unspecified atom stereocenters. The van der Waals surface area contributed by atoms with Crippen LogP contribution < -0.4 is 11.2 Å². The number of nitrogens with zero attached hydrogens (tertiary/aromatic N) is 3. The molecule has 0 radical (unpaired) electrons. The first kappa shape index (κ1) is 21.4. The second kappa shape index (κ2) is 8.98. The van der Waals surface area contributed by atoms with Gasteiger partial charge in [-0.15, -0.1) is 10.2 Å².